The lowest BCUT2D eigenvalue weighted by Crippen LogP contribution is -2.48. The molecule has 1 fully saturated rings. The summed E-state index contributed by atoms with van der Waals surface area (Å²) in [7, 11) is 0. The van der Waals surface area contributed by atoms with Crippen molar-refractivity contribution in [3.8, 4) is 0 Å². The second kappa shape index (κ2) is 9.68. The number of anilines is 2. The molecular formula is C20H24N4O5S. The molecule has 0 unspecified atom stereocenters. The van der Waals surface area contributed by atoms with E-state index in [4.69, 9.17) is 4.74 Å². The van der Waals surface area contributed by atoms with Crippen molar-refractivity contribution in [3.05, 3.63) is 50.9 Å². The quantitative estimate of drug-likeness (QED) is 0.407. The van der Waals surface area contributed by atoms with Crippen LogP contribution in [0.2, 0.25) is 0 Å². The number of carbonyl (C=O) groups is 2. The minimum absolute atomic E-state index is 0.0731. The molecule has 0 atom stereocenters. The molecule has 1 aliphatic rings. The topological polar surface area (TPSA) is 105 Å². The second-order valence-corrected chi connectivity index (χ2v) is 7.98. The van der Waals surface area contributed by atoms with E-state index in [2.05, 4.69) is 15.1 Å². The average Bonchev–Trinajstić information content (AvgIpc) is 3.08. The Balaban J connectivity index is 1.49. The number of nitro benzene ring substituents is 1. The maximum Gasteiger partial charge on any atom is 0.348 e. The number of ether oxygens (including phenoxy) is 1. The fourth-order valence-electron chi connectivity index (χ4n) is 3.27. The van der Waals surface area contributed by atoms with Gasteiger partial charge < -0.3 is 15.0 Å². The predicted molar refractivity (Wildman–Crippen MR) is 115 cm³/mol. The first-order chi connectivity index (χ1) is 14.4. The Hall–Kier alpha value is -2.98. The Morgan fingerprint density at radius 2 is 1.87 bits per heavy atom. The van der Waals surface area contributed by atoms with Gasteiger partial charge in [-0.1, -0.05) is 0 Å². The highest BCUT2D eigenvalue weighted by Gasteiger charge is 2.21. The normalized spacial score (nSPS) is 14.4. The molecule has 3 rings (SSSR count). The lowest BCUT2D eigenvalue weighted by atomic mass is 10.2. The number of non-ortho nitro benzene ring substituents is 1. The molecule has 1 aromatic heterocycles. The van der Waals surface area contributed by atoms with Crippen LogP contribution in [0, 0.1) is 17.0 Å². The number of benzene rings is 1. The van der Waals surface area contributed by atoms with Crippen molar-refractivity contribution in [1.29, 1.82) is 0 Å². The standard InChI is InChI=1S/C20H24N4O5S/c1-3-29-20(26)19-14(2)12-18(30-19)21-17(25)13-22-8-10-23(11-9-22)15-4-6-16(7-5-15)24(27)28/h4-7,12H,3,8-11,13H2,1-2H3,(H,21,25). The zero-order valence-electron chi connectivity index (χ0n) is 16.9. The SMILES string of the molecule is CCOC(=O)c1sc(NC(=O)CN2CCN(c3ccc([N+](=O)[O-])cc3)CC2)cc1C. The molecule has 0 radical (unpaired) electrons. The summed E-state index contributed by atoms with van der Waals surface area (Å²) < 4.78 is 5.03. The Morgan fingerprint density at radius 3 is 2.47 bits per heavy atom. The molecule has 1 saturated heterocycles. The summed E-state index contributed by atoms with van der Waals surface area (Å²) >= 11 is 1.22. The van der Waals surface area contributed by atoms with Gasteiger partial charge in [0.25, 0.3) is 5.69 Å². The first-order valence-electron chi connectivity index (χ1n) is 9.66. The van der Waals surface area contributed by atoms with Gasteiger partial charge in [0.15, 0.2) is 0 Å². The Labute approximate surface area is 178 Å². The molecule has 1 aromatic carbocycles. The summed E-state index contributed by atoms with van der Waals surface area (Å²) in [4.78, 5) is 39.4. The Morgan fingerprint density at radius 1 is 1.20 bits per heavy atom. The van der Waals surface area contributed by atoms with Crippen molar-refractivity contribution in [3.63, 3.8) is 0 Å². The van der Waals surface area contributed by atoms with E-state index >= 15 is 0 Å². The molecule has 2 heterocycles. The van der Waals surface area contributed by atoms with E-state index < -0.39 is 4.92 Å². The highest BCUT2D eigenvalue weighted by atomic mass is 32.1. The van der Waals surface area contributed by atoms with E-state index in [1.165, 1.54) is 23.5 Å². The van der Waals surface area contributed by atoms with Gasteiger partial charge in [0.2, 0.25) is 5.91 Å². The molecule has 1 N–H and O–H groups in total. The third-order valence-electron chi connectivity index (χ3n) is 4.81. The van der Waals surface area contributed by atoms with E-state index in [0.717, 1.165) is 24.3 Å². The van der Waals surface area contributed by atoms with Gasteiger partial charge in [0.05, 0.1) is 23.1 Å². The molecule has 9 nitrogen and oxygen atoms in total. The zero-order valence-corrected chi connectivity index (χ0v) is 17.7. The third kappa shape index (κ3) is 5.33. The van der Waals surface area contributed by atoms with Gasteiger partial charge in [-0.3, -0.25) is 19.8 Å². The monoisotopic (exact) mass is 432 g/mol. The van der Waals surface area contributed by atoms with E-state index in [1.54, 1.807) is 25.1 Å². The summed E-state index contributed by atoms with van der Waals surface area (Å²) in [6.45, 7) is 7.03. The van der Waals surface area contributed by atoms with Gasteiger partial charge >= 0.3 is 5.97 Å². The zero-order chi connectivity index (χ0) is 21.7. The molecule has 0 saturated carbocycles. The molecule has 0 spiro atoms. The molecule has 2 aromatic rings. The van der Waals surface area contributed by atoms with Crippen molar-refractivity contribution in [2.45, 2.75) is 13.8 Å². The lowest BCUT2D eigenvalue weighted by Gasteiger charge is -2.35. The van der Waals surface area contributed by atoms with Crippen LogP contribution in [0.4, 0.5) is 16.4 Å². The maximum atomic E-state index is 12.4. The number of aryl methyl sites for hydroxylation is 1. The summed E-state index contributed by atoms with van der Waals surface area (Å²) in [5, 5.41) is 14.3. The third-order valence-corrected chi connectivity index (χ3v) is 5.94. The number of carbonyl (C=O) groups excluding carboxylic acids is 2. The summed E-state index contributed by atoms with van der Waals surface area (Å²) in [6, 6.07) is 8.29. The smallest absolute Gasteiger partial charge is 0.348 e. The number of hydrogen-bond acceptors (Lipinski definition) is 8. The number of amides is 1. The summed E-state index contributed by atoms with van der Waals surface area (Å²) in [5.74, 6) is -0.502. The highest BCUT2D eigenvalue weighted by Crippen LogP contribution is 2.27. The minimum Gasteiger partial charge on any atom is -0.462 e. The van der Waals surface area contributed by atoms with Crippen molar-refractivity contribution < 1.29 is 19.2 Å². The molecule has 30 heavy (non-hydrogen) atoms. The summed E-state index contributed by atoms with van der Waals surface area (Å²) in [5.41, 5.74) is 1.79. The van der Waals surface area contributed by atoms with Crippen LogP contribution < -0.4 is 10.2 Å². The van der Waals surface area contributed by atoms with Crippen molar-refractivity contribution in [2.75, 3.05) is 49.5 Å². The molecular weight excluding hydrogens is 408 g/mol. The van der Waals surface area contributed by atoms with Crippen LogP contribution in [0.1, 0.15) is 22.2 Å². The van der Waals surface area contributed by atoms with Crippen molar-refractivity contribution >= 4 is 39.6 Å². The van der Waals surface area contributed by atoms with Gasteiger partial charge in [0, 0.05) is 44.0 Å². The van der Waals surface area contributed by atoms with Gasteiger partial charge in [-0.25, -0.2) is 4.79 Å². The number of hydrogen-bond donors (Lipinski definition) is 1. The Kier molecular flexibility index (Phi) is 7.01. The number of esters is 1. The van der Waals surface area contributed by atoms with Crippen LogP contribution >= 0.6 is 11.3 Å². The number of nitrogens with zero attached hydrogens (tertiary/aromatic N) is 3. The first kappa shape index (κ1) is 21.7. The lowest BCUT2D eigenvalue weighted by molar-refractivity contribution is -0.384. The molecule has 1 aliphatic heterocycles. The average molecular weight is 433 g/mol. The Bertz CT molecular complexity index is 920. The van der Waals surface area contributed by atoms with Gasteiger partial charge in [0.1, 0.15) is 4.88 Å². The molecule has 0 bridgehead atoms. The summed E-state index contributed by atoms with van der Waals surface area (Å²) in [6.07, 6.45) is 0. The van der Waals surface area contributed by atoms with E-state index in [0.29, 0.717) is 29.6 Å². The maximum absolute atomic E-state index is 12.4. The number of piperazine rings is 1. The van der Waals surface area contributed by atoms with Crippen molar-refractivity contribution in [2.24, 2.45) is 0 Å². The minimum atomic E-state index is -0.412. The van der Waals surface area contributed by atoms with E-state index in [1.807, 2.05) is 6.92 Å². The van der Waals surface area contributed by atoms with Gasteiger partial charge in [-0.15, -0.1) is 11.3 Å². The first-order valence-corrected chi connectivity index (χ1v) is 10.5. The van der Waals surface area contributed by atoms with Crippen LogP contribution in [0.3, 0.4) is 0 Å². The number of nitro groups is 1. The van der Waals surface area contributed by atoms with Crippen LogP contribution in [-0.4, -0.2) is 61.0 Å². The fraction of sp³-hybridized carbons (Fsp3) is 0.400. The number of nitrogens with one attached hydrogen (secondary N) is 1. The fourth-order valence-corrected chi connectivity index (χ4v) is 4.26. The molecule has 1 amide bonds. The number of rotatable bonds is 7. The van der Waals surface area contributed by atoms with E-state index in [-0.39, 0.29) is 24.1 Å². The largest absolute Gasteiger partial charge is 0.462 e. The van der Waals surface area contributed by atoms with Crippen LogP contribution in [0.5, 0.6) is 0 Å². The highest BCUT2D eigenvalue weighted by molar-refractivity contribution is 7.18. The van der Waals surface area contributed by atoms with Crippen LogP contribution in [-0.2, 0) is 9.53 Å². The predicted octanol–water partition coefficient (Wildman–Crippen LogP) is 2.90. The van der Waals surface area contributed by atoms with E-state index in [9.17, 15) is 19.7 Å². The van der Waals surface area contributed by atoms with Gasteiger partial charge in [-0.2, -0.15) is 0 Å². The van der Waals surface area contributed by atoms with Crippen LogP contribution in [0.25, 0.3) is 0 Å². The molecule has 160 valence electrons. The number of thiophene rings is 1. The molecule has 10 heteroatoms. The second-order valence-electron chi connectivity index (χ2n) is 6.93. The molecule has 0 aliphatic carbocycles. The van der Waals surface area contributed by atoms with Gasteiger partial charge in [-0.05, 0) is 37.6 Å². The van der Waals surface area contributed by atoms with Crippen molar-refractivity contribution in [1.82, 2.24) is 4.90 Å². The van der Waals surface area contributed by atoms with Crippen LogP contribution in [0.15, 0.2) is 30.3 Å².